The van der Waals surface area contributed by atoms with E-state index in [1.165, 1.54) is 11.6 Å². The maximum absolute atomic E-state index is 14.6. The second kappa shape index (κ2) is 12.5. The van der Waals surface area contributed by atoms with Crippen LogP contribution in [0.1, 0.15) is 43.7 Å². The molecule has 2 atom stereocenters. The van der Waals surface area contributed by atoms with Crippen LogP contribution in [0.25, 0.3) is 0 Å². The monoisotopic (exact) mass is 518 g/mol. The number of likely N-dealkylation sites (tertiary alicyclic amines) is 2. The summed E-state index contributed by atoms with van der Waals surface area (Å²) in [6.07, 6.45) is 6.17. The molecule has 0 amide bonds. The van der Waals surface area contributed by atoms with Gasteiger partial charge in [-0.1, -0.05) is 24.3 Å². The molecule has 5 nitrogen and oxygen atoms in total. The first-order valence-electron chi connectivity index (χ1n) is 11.3. The molecule has 1 aliphatic carbocycles. The number of ketones is 1. The molecule has 33 heavy (non-hydrogen) atoms. The number of rotatable bonds is 7. The van der Waals surface area contributed by atoms with Crippen molar-refractivity contribution in [3.63, 3.8) is 0 Å². The van der Waals surface area contributed by atoms with E-state index in [2.05, 4.69) is 15.9 Å². The lowest BCUT2D eigenvalue weighted by molar-refractivity contribution is -0.143. The molecule has 2 saturated heterocycles. The van der Waals surface area contributed by atoms with Gasteiger partial charge < -0.3 is 5.11 Å². The van der Waals surface area contributed by atoms with Crippen molar-refractivity contribution in [1.29, 1.82) is 0 Å². The van der Waals surface area contributed by atoms with Gasteiger partial charge in [0.05, 0.1) is 12.0 Å². The van der Waals surface area contributed by atoms with Crippen LogP contribution in [-0.4, -0.2) is 64.6 Å². The SMILES string of the molecule is Cl.Cl.O=C(O)C1CCN(C/C=C2/CN(C(C(=O)C3CC3)c3ccccc3F)CCC2S)CC1. The van der Waals surface area contributed by atoms with Gasteiger partial charge in [0.2, 0.25) is 0 Å². The minimum absolute atomic E-state index is 0. The number of benzene rings is 1. The summed E-state index contributed by atoms with van der Waals surface area (Å²) in [5.41, 5.74) is 1.65. The van der Waals surface area contributed by atoms with Crippen molar-refractivity contribution in [1.82, 2.24) is 9.80 Å². The molecule has 0 aromatic heterocycles. The van der Waals surface area contributed by atoms with Crippen LogP contribution in [0.2, 0.25) is 0 Å². The molecule has 2 heterocycles. The van der Waals surface area contributed by atoms with E-state index < -0.39 is 12.0 Å². The first-order chi connectivity index (χ1) is 14.9. The third kappa shape index (κ3) is 6.95. The zero-order valence-corrected chi connectivity index (χ0v) is 21.1. The second-order valence-electron chi connectivity index (χ2n) is 9.07. The van der Waals surface area contributed by atoms with E-state index in [4.69, 9.17) is 12.6 Å². The van der Waals surface area contributed by atoms with Crippen LogP contribution >= 0.6 is 37.4 Å². The highest BCUT2D eigenvalue weighted by molar-refractivity contribution is 7.81. The Balaban J connectivity index is 0.00000193. The Kier molecular flexibility index (Phi) is 10.7. The lowest BCUT2D eigenvalue weighted by Crippen LogP contribution is -2.43. The van der Waals surface area contributed by atoms with Crippen LogP contribution in [0.3, 0.4) is 0 Å². The maximum Gasteiger partial charge on any atom is 0.306 e. The van der Waals surface area contributed by atoms with Crippen molar-refractivity contribution in [2.24, 2.45) is 11.8 Å². The average Bonchev–Trinajstić information content (AvgIpc) is 3.61. The third-order valence-electron chi connectivity index (χ3n) is 6.87. The van der Waals surface area contributed by atoms with Gasteiger partial charge in [-0.3, -0.25) is 19.4 Å². The molecule has 1 saturated carbocycles. The van der Waals surface area contributed by atoms with E-state index in [0.29, 0.717) is 31.5 Å². The number of halogens is 3. The fourth-order valence-electron chi connectivity index (χ4n) is 4.74. The summed E-state index contributed by atoms with van der Waals surface area (Å²) in [6, 6.07) is 6.10. The summed E-state index contributed by atoms with van der Waals surface area (Å²) in [5, 5.41) is 9.31. The molecule has 184 valence electrons. The van der Waals surface area contributed by atoms with Crippen molar-refractivity contribution in [3.05, 3.63) is 47.3 Å². The van der Waals surface area contributed by atoms with Crippen LogP contribution < -0.4 is 0 Å². The number of carbonyl (C=O) groups excluding carboxylic acids is 1. The summed E-state index contributed by atoms with van der Waals surface area (Å²) in [5.74, 6) is -1.06. The van der Waals surface area contributed by atoms with E-state index in [-0.39, 0.29) is 53.5 Å². The van der Waals surface area contributed by atoms with Crippen LogP contribution in [0, 0.1) is 17.7 Å². The highest BCUT2D eigenvalue weighted by Gasteiger charge is 2.40. The number of thiol groups is 1. The molecule has 0 radical (unpaired) electrons. The quantitative estimate of drug-likeness (QED) is 0.413. The normalized spacial score (nSPS) is 24.5. The first-order valence-corrected chi connectivity index (χ1v) is 11.8. The lowest BCUT2D eigenvalue weighted by atomic mass is 9.93. The van der Waals surface area contributed by atoms with Gasteiger partial charge in [-0.2, -0.15) is 12.6 Å². The molecular formula is C24H33Cl2FN2O3S. The van der Waals surface area contributed by atoms with Crippen LogP contribution in [0.5, 0.6) is 0 Å². The Bertz CT molecular complexity index is 860. The zero-order valence-electron chi connectivity index (χ0n) is 18.6. The van der Waals surface area contributed by atoms with Gasteiger partial charge in [-0.25, -0.2) is 4.39 Å². The molecular weight excluding hydrogens is 486 g/mol. The van der Waals surface area contributed by atoms with Gasteiger partial charge in [0, 0.05) is 36.4 Å². The number of carboxylic acid groups (broad SMARTS) is 1. The Morgan fingerprint density at radius 3 is 2.33 bits per heavy atom. The van der Waals surface area contributed by atoms with Crippen molar-refractivity contribution < 1.29 is 19.1 Å². The highest BCUT2D eigenvalue weighted by Crippen LogP contribution is 2.39. The number of hydrogen-bond acceptors (Lipinski definition) is 5. The van der Waals surface area contributed by atoms with E-state index in [1.807, 2.05) is 0 Å². The molecule has 1 aromatic carbocycles. The molecule has 4 rings (SSSR count). The smallest absolute Gasteiger partial charge is 0.306 e. The van der Waals surface area contributed by atoms with Crippen LogP contribution in [-0.2, 0) is 9.59 Å². The third-order valence-corrected chi connectivity index (χ3v) is 7.46. The van der Waals surface area contributed by atoms with E-state index in [1.54, 1.807) is 18.2 Å². The van der Waals surface area contributed by atoms with Gasteiger partial charge in [0.15, 0.2) is 5.78 Å². The average molecular weight is 520 g/mol. The number of hydrogen-bond donors (Lipinski definition) is 2. The Morgan fingerprint density at radius 2 is 1.73 bits per heavy atom. The first kappa shape index (κ1) is 28.1. The molecule has 3 fully saturated rings. The fraction of sp³-hybridized carbons (Fsp3) is 0.583. The number of aliphatic carboxylic acids is 1. The number of nitrogens with zero attached hydrogens (tertiary/aromatic N) is 2. The molecule has 9 heteroatoms. The summed E-state index contributed by atoms with van der Waals surface area (Å²) in [4.78, 5) is 28.7. The molecule has 0 spiro atoms. The molecule has 2 aliphatic heterocycles. The largest absolute Gasteiger partial charge is 0.481 e. The molecule has 1 aromatic rings. The number of Topliss-reactive ketones (excluding diaryl/α,β-unsaturated/α-hetero) is 1. The van der Waals surface area contributed by atoms with Crippen molar-refractivity contribution in [3.8, 4) is 0 Å². The Hall–Kier alpha value is -1.12. The number of carboxylic acids is 1. The highest BCUT2D eigenvalue weighted by atomic mass is 35.5. The second-order valence-corrected chi connectivity index (χ2v) is 9.69. The van der Waals surface area contributed by atoms with Gasteiger partial charge in [0.1, 0.15) is 5.82 Å². The van der Waals surface area contributed by atoms with E-state index >= 15 is 0 Å². The Morgan fingerprint density at radius 1 is 1.06 bits per heavy atom. The van der Waals surface area contributed by atoms with Crippen LogP contribution in [0.15, 0.2) is 35.9 Å². The van der Waals surface area contributed by atoms with Gasteiger partial charge in [0.25, 0.3) is 0 Å². The van der Waals surface area contributed by atoms with Crippen molar-refractivity contribution >= 4 is 49.2 Å². The number of piperidine rings is 2. The summed E-state index contributed by atoms with van der Waals surface area (Å²) < 4.78 is 14.6. The van der Waals surface area contributed by atoms with Gasteiger partial charge in [-0.15, -0.1) is 24.8 Å². The predicted molar refractivity (Wildman–Crippen MR) is 135 cm³/mol. The van der Waals surface area contributed by atoms with E-state index in [0.717, 1.165) is 38.9 Å². The minimum atomic E-state index is -0.698. The predicted octanol–water partition coefficient (Wildman–Crippen LogP) is 4.42. The fourth-order valence-corrected chi connectivity index (χ4v) is 5.04. The molecule has 2 unspecified atom stereocenters. The standard InChI is InChI=1S/C24H31FN2O3S.2ClH/c25-20-4-2-1-3-19(20)22(23(28)16-5-6-16)27-14-10-21(31)18(15-27)9-13-26-11-7-17(8-12-26)24(29)30;;/h1-4,9,16-17,21-22,31H,5-8,10-15H2,(H,29,30);2*1H/b18-9-;;. The molecule has 3 aliphatic rings. The maximum atomic E-state index is 14.6. The topological polar surface area (TPSA) is 60.9 Å². The minimum Gasteiger partial charge on any atom is -0.481 e. The van der Waals surface area contributed by atoms with E-state index in [9.17, 15) is 19.1 Å². The summed E-state index contributed by atoms with van der Waals surface area (Å²) in [7, 11) is 0. The molecule has 0 bridgehead atoms. The Labute approximate surface area is 213 Å². The molecule has 1 N–H and O–H groups in total. The number of carbonyl (C=O) groups is 2. The summed E-state index contributed by atoms with van der Waals surface area (Å²) in [6.45, 7) is 3.64. The van der Waals surface area contributed by atoms with Crippen molar-refractivity contribution in [2.75, 3.05) is 32.7 Å². The summed E-state index contributed by atoms with van der Waals surface area (Å²) >= 11 is 4.77. The lowest BCUT2D eigenvalue weighted by Gasteiger charge is -2.38. The van der Waals surface area contributed by atoms with Gasteiger partial charge in [-0.05, 0) is 56.8 Å². The van der Waals surface area contributed by atoms with Gasteiger partial charge >= 0.3 is 5.97 Å². The zero-order chi connectivity index (χ0) is 22.0. The van der Waals surface area contributed by atoms with Crippen molar-refractivity contribution in [2.45, 2.75) is 43.4 Å². The van der Waals surface area contributed by atoms with Crippen LogP contribution in [0.4, 0.5) is 4.39 Å².